The van der Waals surface area contributed by atoms with Gasteiger partial charge in [-0.05, 0) is 106 Å². The number of aliphatic hydroxyl groups is 1. The fourth-order valence-corrected chi connectivity index (χ4v) is 10.7. The Hall–Kier alpha value is -7.11. The number of primary amides is 1. The highest BCUT2D eigenvalue weighted by Gasteiger charge is 2.45. The number of nitrogens with zero attached hydrogens (tertiary/aromatic N) is 7. The van der Waals surface area contributed by atoms with E-state index in [1.165, 1.54) is 80.9 Å². The summed E-state index contributed by atoms with van der Waals surface area (Å²) in [5.41, 5.74) is 5.96. The minimum Gasteiger partial charge on any atom is -0.508 e. The molecule has 7 N–H and O–H groups in total. The summed E-state index contributed by atoms with van der Waals surface area (Å²) in [7, 11) is 9.93. The molecule has 0 aliphatic carbocycles. The number of phenols is 1. The Morgan fingerprint density at radius 2 is 1.02 bits per heavy atom. The summed E-state index contributed by atoms with van der Waals surface area (Å²) in [5, 5.41) is 30.1. The fraction of sp³-hybridized carbons (Fsp3) is 0.716. The Bertz CT molecular complexity index is 2660. The molecule has 0 heterocycles. The van der Waals surface area contributed by atoms with Crippen molar-refractivity contribution in [1.82, 2.24) is 50.2 Å². The van der Waals surface area contributed by atoms with Crippen LogP contribution < -0.4 is 21.7 Å². The zero-order chi connectivity index (χ0) is 70.6. The summed E-state index contributed by atoms with van der Waals surface area (Å²) in [6.45, 7) is 29.9. The molecule has 24 nitrogen and oxygen atoms in total. The highest BCUT2D eigenvalue weighted by Crippen LogP contribution is 2.28. The van der Waals surface area contributed by atoms with Crippen LogP contribution in [0.15, 0.2) is 36.4 Å². The molecule has 0 radical (unpaired) electrons. The number of carbonyl (C=O) groups is 11. The molecule has 516 valence electrons. The molecule has 1 aromatic carbocycles. The highest BCUT2D eigenvalue weighted by molar-refractivity contribution is 5.99. The van der Waals surface area contributed by atoms with Crippen LogP contribution in [0, 0.1) is 40.9 Å². The van der Waals surface area contributed by atoms with Gasteiger partial charge in [0, 0.05) is 61.7 Å². The number of allylic oxidation sites excluding steroid dienone is 2. The van der Waals surface area contributed by atoms with Gasteiger partial charge in [0.2, 0.25) is 65.0 Å². The number of nitrogens with two attached hydrogens (primary N) is 1. The Labute approximate surface area is 543 Å². The molecule has 0 fully saturated rings. The molecule has 11 amide bonds. The molecule has 91 heavy (non-hydrogen) atoms. The Morgan fingerprint density at radius 3 is 1.47 bits per heavy atom. The maximum Gasteiger partial charge on any atom is 0.246 e. The largest absolute Gasteiger partial charge is 0.508 e. The van der Waals surface area contributed by atoms with Gasteiger partial charge >= 0.3 is 0 Å². The lowest BCUT2D eigenvalue weighted by atomic mass is 9.81. The number of hydrogen-bond donors (Lipinski definition) is 6. The van der Waals surface area contributed by atoms with Gasteiger partial charge in [0.1, 0.15) is 60.1 Å². The molecule has 1 aromatic rings. The quantitative estimate of drug-likeness (QED) is 0.0521. The second-order valence-electron chi connectivity index (χ2n) is 27.6. The van der Waals surface area contributed by atoms with Crippen molar-refractivity contribution in [3.63, 3.8) is 0 Å². The first kappa shape index (κ1) is 81.9. The van der Waals surface area contributed by atoms with E-state index in [0.29, 0.717) is 12.0 Å². The predicted octanol–water partition coefficient (Wildman–Crippen LogP) is 4.18. The van der Waals surface area contributed by atoms with Gasteiger partial charge < -0.3 is 66.2 Å². The number of likely N-dealkylation sites (N-methyl/N-ethyl adjacent to an activating group) is 7. The van der Waals surface area contributed by atoms with E-state index in [-0.39, 0.29) is 66.9 Å². The summed E-state index contributed by atoms with van der Waals surface area (Å²) >= 11 is 0. The first-order valence-corrected chi connectivity index (χ1v) is 32.0. The van der Waals surface area contributed by atoms with Gasteiger partial charge in [-0.2, -0.15) is 0 Å². The van der Waals surface area contributed by atoms with Gasteiger partial charge in [-0.3, -0.25) is 52.7 Å². The molecule has 0 aliphatic heterocycles. The van der Waals surface area contributed by atoms with Crippen molar-refractivity contribution >= 4 is 65.0 Å². The SMILES string of the molecule is C/C=C\C[C@@H](C)[C@H](O)C(C(=O)N[C@@H](CC)C(=O)N(C)CC(=O)N(C)[C@@H](Cc1ccc(O)cc1)C(N)=O)N(C)C(=O)[C@@H](C(C)C)N(C)C(=O)[C@@H](CC(C)C)N(C)C(=O)[C@@H](CC(C)C)N(C)C(=O)[C@H](C)NC(=O)[C@H](CC(C)C)NC(=O)[C@H](C)N(C)C(=O)[C@H](C)C(C)(C)C. The third-order valence-corrected chi connectivity index (χ3v) is 17.3. The Morgan fingerprint density at radius 1 is 0.549 bits per heavy atom. The van der Waals surface area contributed by atoms with Gasteiger partial charge in [-0.15, -0.1) is 0 Å². The number of nitrogens with one attached hydrogen (secondary N) is 3. The van der Waals surface area contributed by atoms with E-state index in [0.717, 1.165) is 14.7 Å². The average Bonchev–Trinajstić information content (AvgIpc) is 0.820. The van der Waals surface area contributed by atoms with Crippen LogP contribution in [-0.2, 0) is 59.2 Å². The molecule has 0 aliphatic rings. The maximum atomic E-state index is 15.2. The summed E-state index contributed by atoms with van der Waals surface area (Å²) in [6, 6.07) is -4.77. The smallest absolute Gasteiger partial charge is 0.246 e. The maximum absolute atomic E-state index is 15.2. The average molecular weight is 1280 g/mol. The van der Waals surface area contributed by atoms with Crippen molar-refractivity contribution in [3.8, 4) is 5.75 Å². The van der Waals surface area contributed by atoms with Crippen molar-refractivity contribution in [2.24, 2.45) is 46.7 Å². The van der Waals surface area contributed by atoms with Gasteiger partial charge in [0.05, 0.1) is 12.6 Å². The van der Waals surface area contributed by atoms with Crippen molar-refractivity contribution in [1.29, 1.82) is 0 Å². The minimum atomic E-state index is -1.63. The molecule has 12 atom stereocenters. The van der Waals surface area contributed by atoms with E-state index in [1.54, 1.807) is 79.8 Å². The molecule has 0 saturated carbocycles. The Balaban J connectivity index is 3.66. The topological polar surface area (TPSA) is 313 Å². The minimum absolute atomic E-state index is 0.0108. The van der Waals surface area contributed by atoms with Crippen LogP contribution in [0.2, 0.25) is 0 Å². The van der Waals surface area contributed by atoms with Gasteiger partial charge in [0.15, 0.2) is 0 Å². The first-order valence-electron chi connectivity index (χ1n) is 32.0. The summed E-state index contributed by atoms with van der Waals surface area (Å²) in [5.74, 6) is -9.04. The molecule has 0 spiro atoms. The van der Waals surface area contributed by atoms with E-state index >= 15 is 14.4 Å². The second-order valence-corrected chi connectivity index (χ2v) is 27.6. The standard InChI is InChI=1S/C67H115N11O13/c1-25-27-28-42(11)56(81)55(60(85)70-48(26-2)63(88)72(18)37-53(80)74(20)50(57(68)82)36-46-29-31-47(79)32-30-46)78(24)66(91)54(41(9)10)77(23)65(90)52(35-40(7)8)76(22)64(89)51(34-39(5)6)75(21)62(87)44(13)69-59(84)49(33-38(3)4)71-58(83)45(14)73(19)61(86)43(12)67(15,16)17/h25,27,29-32,38-45,48-52,54-56,79,81H,26,28,33-37H2,1-24H3,(H2,68,82)(H,69,84)(H,70,85)(H,71,83)/b27-25-/t42-,43+,44+,45+,48+,49+,50+,51-,52-,54-,55?,56+/m1/s1. The number of aliphatic hydroxyl groups excluding tert-OH is 1. The third-order valence-electron chi connectivity index (χ3n) is 17.3. The monoisotopic (exact) mass is 1280 g/mol. The lowest BCUT2D eigenvalue weighted by Gasteiger charge is -2.41. The van der Waals surface area contributed by atoms with Crippen molar-refractivity contribution in [2.75, 3.05) is 55.9 Å². The van der Waals surface area contributed by atoms with Gasteiger partial charge in [-0.25, -0.2) is 0 Å². The van der Waals surface area contributed by atoms with Gasteiger partial charge in [-0.1, -0.05) is 121 Å². The summed E-state index contributed by atoms with van der Waals surface area (Å²) in [4.78, 5) is 164. The van der Waals surface area contributed by atoms with Crippen LogP contribution in [0.25, 0.3) is 0 Å². The molecular formula is C67H115N11O13. The van der Waals surface area contributed by atoms with E-state index in [4.69, 9.17) is 5.73 Å². The number of aromatic hydroxyl groups is 1. The predicted molar refractivity (Wildman–Crippen MR) is 352 cm³/mol. The van der Waals surface area contributed by atoms with Gasteiger partial charge in [0.25, 0.3) is 0 Å². The molecular weight excluding hydrogens is 1170 g/mol. The second kappa shape index (κ2) is 36.8. The van der Waals surface area contributed by atoms with Crippen molar-refractivity contribution in [3.05, 3.63) is 42.0 Å². The third kappa shape index (κ3) is 23.8. The molecule has 0 aromatic heterocycles. The van der Waals surface area contributed by atoms with Crippen LogP contribution in [0.1, 0.15) is 155 Å². The molecule has 0 saturated heterocycles. The Kier molecular flexibility index (Phi) is 33.1. The lowest BCUT2D eigenvalue weighted by molar-refractivity contribution is -0.157. The normalized spacial score (nSPS) is 15.8. The number of rotatable bonds is 35. The molecule has 1 unspecified atom stereocenters. The van der Waals surface area contributed by atoms with E-state index < -0.39 is 144 Å². The summed E-state index contributed by atoms with van der Waals surface area (Å²) < 4.78 is 0. The molecule has 0 bridgehead atoms. The van der Waals surface area contributed by atoms with Crippen LogP contribution in [-0.4, -0.2) is 226 Å². The molecule has 1 rings (SSSR count). The number of amides is 11. The highest BCUT2D eigenvalue weighted by atomic mass is 16.3. The zero-order valence-electron chi connectivity index (χ0n) is 59.2. The van der Waals surface area contributed by atoms with Crippen LogP contribution in [0.3, 0.4) is 0 Å². The van der Waals surface area contributed by atoms with E-state index in [9.17, 15) is 48.6 Å². The van der Waals surface area contributed by atoms with Crippen molar-refractivity contribution in [2.45, 2.75) is 217 Å². The molecule has 24 heteroatoms. The number of benzene rings is 1. The van der Waals surface area contributed by atoms with E-state index in [1.807, 2.05) is 62.3 Å². The fourth-order valence-electron chi connectivity index (χ4n) is 10.7. The van der Waals surface area contributed by atoms with Crippen LogP contribution in [0.4, 0.5) is 0 Å². The number of carbonyl (C=O) groups excluding carboxylic acids is 11. The van der Waals surface area contributed by atoms with Crippen LogP contribution in [0.5, 0.6) is 5.75 Å². The van der Waals surface area contributed by atoms with Crippen molar-refractivity contribution < 1.29 is 63.0 Å². The van der Waals surface area contributed by atoms with Crippen LogP contribution >= 0.6 is 0 Å². The lowest BCUT2D eigenvalue weighted by Crippen LogP contribution is -2.63. The zero-order valence-corrected chi connectivity index (χ0v) is 59.2. The number of hydrogen-bond acceptors (Lipinski definition) is 13. The first-order chi connectivity index (χ1) is 41.9. The summed E-state index contributed by atoms with van der Waals surface area (Å²) in [6.07, 6.45) is 2.89. The number of phenolic OH excluding ortho intramolecular Hbond substituents is 1. The van der Waals surface area contributed by atoms with E-state index in [2.05, 4.69) is 16.0 Å².